The third kappa shape index (κ3) is 5.19. The summed E-state index contributed by atoms with van der Waals surface area (Å²) in [5.41, 5.74) is -5.44. The zero-order valence-electron chi connectivity index (χ0n) is 12.8. The first-order valence-electron chi connectivity index (χ1n) is 7.24. The van der Waals surface area contributed by atoms with E-state index in [1.54, 1.807) is 0 Å². The first-order valence-corrected chi connectivity index (χ1v) is 8.65. The van der Waals surface area contributed by atoms with Gasteiger partial charge in [0.1, 0.15) is 12.4 Å². The summed E-state index contributed by atoms with van der Waals surface area (Å²) in [6.45, 7) is 2.53. The molecule has 0 saturated heterocycles. The Morgan fingerprint density at radius 3 is 2.36 bits per heavy atom. The van der Waals surface area contributed by atoms with Gasteiger partial charge in [-0.2, -0.15) is 30.7 Å². The van der Waals surface area contributed by atoms with Gasteiger partial charge in [-0.3, -0.25) is 0 Å². The van der Waals surface area contributed by atoms with Gasteiger partial charge < -0.3 is 4.18 Å². The van der Waals surface area contributed by atoms with Crippen LogP contribution in [0.5, 0.6) is 6.01 Å². The molecule has 5 nitrogen and oxygen atoms in total. The van der Waals surface area contributed by atoms with E-state index in [0.29, 0.717) is 6.54 Å². The number of nitrogens with zero attached hydrogens (tertiary/aromatic N) is 2. The van der Waals surface area contributed by atoms with E-state index in [1.165, 1.54) is 28.6 Å². The summed E-state index contributed by atoms with van der Waals surface area (Å²) in [5.74, 6) is 0. The lowest BCUT2D eigenvalue weighted by Crippen LogP contribution is -2.36. The van der Waals surface area contributed by atoms with Crippen LogP contribution >= 0.6 is 0 Å². The fraction of sp³-hybridized carbons (Fsp3) is 0.769. The number of halogens is 3. The summed E-state index contributed by atoms with van der Waals surface area (Å²) in [4.78, 5) is 0. The largest absolute Gasteiger partial charge is 0.534 e. The highest BCUT2D eigenvalue weighted by atomic mass is 32.2. The molecule has 0 amide bonds. The zero-order chi connectivity index (χ0) is 16.8. The molecule has 0 N–H and O–H groups in total. The molecule has 1 aromatic rings. The van der Waals surface area contributed by atoms with Crippen molar-refractivity contribution in [2.24, 2.45) is 7.05 Å². The minimum Gasteiger partial charge on any atom is -0.302 e. The molecule has 0 radical (unpaired) electrons. The topological polar surface area (TPSA) is 52.2 Å². The maximum absolute atomic E-state index is 12.4. The van der Waals surface area contributed by atoms with Crippen LogP contribution in [0.15, 0.2) is 12.4 Å². The second-order valence-electron chi connectivity index (χ2n) is 5.14. The first kappa shape index (κ1) is 18.8. The molecule has 1 rings (SSSR count). The molecule has 1 heterocycles. The first-order chi connectivity index (χ1) is 10.2. The minimum absolute atomic E-state index is 0.342. The highest BCUT2D eigenvalue weighted by Gasteiger charge is 2.50. The maximum Gasteiger partial charge on any atom is 0.534 e. The SMILES string of the molecule is CCCCCCCCn1cc[n+](C)c1OS(=O)(=O)C(F)(F)F. The van der Waals surface area contributed by atoms with Crippen LogP contribution in [0.1, 0.15) is 45.4 Å². The van der Waals surface area contributed by atoms with Crippen LogP contribution in [-0.4, -0.2) is 18.5 Å². The minimum atomic E-state index is -5.65. The van der Waals surface area contributed by atoms with Crippen LogP contribution in [0.25, 0.3) is 0 Å². The zero-order valence-corrected chi connectivity index (χ0v) is 13.6. The van der Waals surface area contributed by atoms with Gasteiger partial charge in [0.2, 0.25) is 0 Å². The second-order valence-corrected chi connectivity index (χ2v) is 6.67. The Kier molecular flexibility index (Phi) is 6.70. The fourth-order valence-corrected chi connectivity index (χ4v) is 2.50. The van der Waals surface area contributed by atoms with Crippen molar-refractivity contribution in [1.29, 1.82) is 0 Å². The van der Waals surface area contributed by atoms with Crippen molar-refractivity contribution < 1.29 is 30.3 Å². The molecule has 0 unspecified atom stereocenters. The van der Waals surface area contributed by atoms with E-state index in [0.717, 1.165) is 38.5 Å². The number of aryl methyl sites for hydroxylation is 2. The molecule has 0 aliphatic rings. The van der Waals surface area contributed by atoms with Crippen molar-refractivity contribution in [3.63, 3.8) is 0 Å². The fourth-order valence-electron chi connectivity index (χ4n) is 2.00. The van der Waals surface area contributed by atoms with Gasteiger partial charge in [-0.25, -0.2) is 0 Å². The number of imidazole rings is 1. The van der Waals surface area contributed by atoms with Crippen molar-refractivity contribution in [3.8, 4) is 6.01 Å². The average Bonchev–Trinajstić information content (AvgIpc) is 2.73. The smallest absolute Gasteiger partial charge is 0.302 e. The molecule has 0 aliphatic heterocycles. The van der Waals surface area contributed by atoms with Crippen LogP contribution in [0.3, 0.4) is 0 Å². The second kappa shape index (κ2) is 7.85. The van der Waals surface area contributed by atoms with Crippen LogP contribution < -0.4 is 8.75 Å². The van der Waals surface area contributed by atoms with E-state index >= 15 is 0 Å². The molecule has 0 atom stereocenters. The Morgan fingerprint density at radius 2 is 1.77 bits per heavy atom. The molecule has 0 aliphatic carbocycles. The monoisotopic (exact) mass is 343 g/mol. The standard InChI is InChI=1S/C13H22F3N2O3S/c1-3-4-5-6-7-8-9-18-11-10-17(2)12(18)21-22(19,20)13(14,15)16/h10-11H,3-9H2,1-2H3/q+1. The number of rotatable bonds is 9. The van der Waals surface area contributed by atoms with E-state index in [4.69, 9.17) is 0 Å². The summed E-state index contributed by atoms with van der Waals surface area (Å²) in [6, 6.07) is -0.342. The molecule has 1 aromatic heterocycles. The predicted molar refractivity (Wildman–Crippen MR) is 74.6 cm³/mol. The number of aromatic nitrogens is 2. The molecular weight excluding hydrogens is 321 g/mol. The molecule has 0 saturated carbocycles. The van der Waals surface area contributed by atoms with Gasteiger partial charge in [0, 0.05) is 0 Å². The summed E-state index contributed by atoms with van der Waals surface area (Å²) >= 11 is 0. The summed E-state index contributed by atoms with van der Waals surface area (Å²) in [5, 5.41) is 0. The summed E-state index contributed by atoms with van der Waals surface area (Å²) < 4.78 is 66.2. The van der Waals surface area contributed by atoms with Crippen molar-refractivity contribution in [3.05, 3.63) is 12.4 Å². The van der Waals surface area contributed by atoms with Gasteiger partial charge in [0.05, 0.1) is 13.6 Å². The highest BCUT2D eigenvalue weighted by Crippen LogP contribution is 2.25. The number of unbranched alkanes of at least 4 members (excludes halogenated alkanes) is 5. The summed E-state index contributed by atoms with van der Waals surface area (Å²) in [7, 11) is -4.22. The number of hydrogen-bond acceptors (Lipinski definition) is 3. The average molecular weight is 343 g/mol. The Labute approximate surface area is 128 Å². The third-order valence-corrected chi connectivity index (χ3v) is 4.17. The van der Waals surface area contributed by atoms with E-state index < -0.39 is 15.6 Å². The third-order valence-electron chi connectivity index (χ3n) is 3.24. The Morgan fingerprint density at radius 1 is 1.18 bits per heavy atom. The summed E-state index contributed by atoms with van der Waals surface area (Å²) in [6.07, 6.45) is 9.14. The Bertz CT molecular complexity index is 568. The van der Waals surface area contributed by atoms with Gasteiger partial charge in [-0.15, -0.1) is 0 Å². The van der Waals surface area contributed by atoms with E-state index in [1.807, 2.05) is 0 Å². The molecular formula is C13H22F3N2O3S+. The Hall–Kier alpha value is -1.25. The van der Waals surface area contributed by atoms with Crippen LogP contribution in [-0.2, 0) is 23.7 Å². The molecule has 128 valence electrons. The Balaban J connectivity index is 2.64. The number of hydrogen-bond donors (Lipinski definition) is 0. The van der Waals surface area contributed by atoms with Crippen molar-refractivity contribution >= 4 is 10.1 Å². The quantitative estimate of drug-likeness (QED) is 0.300. The highest BCUT2D eigenvalue weighted by molar-refractivity contribution is 7.87. The lowest BCUT2D eigenvalue weighted by molar-refractivity contribution is -0.674. The molecule has 0 aromatic carbocycles. The lowest BCUT2D eigenvalue weighted by atomic mass is 10.1. The van der Waals surface area contributed by atoms with Crippen LogP contribution in [0.2, 0.25) is 0 Å². The molecule has 22 heavy (non-hydrogen) atoms. The van der Waals surface area contributed by atoms with E-state index in [-0.39, 0.29) is 6.01 Å². The predicted octanol–water partition coefficient (Wildman–Crippen LogP) is 2.90. The van der Waals surface area contributed by atoms with Crippen LogP contribution in [0, 0.1) is 0 Å². The molecule has 0 spiro atoms. The van der Waals surface area contributed by atoms with Crippen molar-refractivity contribution in [2.45, 2.75) is 57.5 Å². The van der Waals surface area contributed by atoms with Gasteiger partial charge in [-0.05, 0) is 12.8 Å². The van der Waals surface area contributed by atoms with Gasteiger partial charge in [0.25, 0.3) is 0 Å². The molecule has 9 heteroatoms. The van der Waals surface area contributed by atoms with Crippen molar-refractivity contribution in [1.82, 2.24) is 4.57 Å². The molecule has 0 fully saturated rings. The lowest BCUT2D eigenvalue weighted by Gasteiger charge is -2.08. The van der Waals surface area contributed by atoms with E-state index in [9.17, 15) is 21.6 Å². The van der Waals surface area contributed by atoms with Crippen molar-refractivity contribution in [2.75, 3.05) is 0 Å². The maximum atomic E-state index is 12.4. The van der Waals surface area contributed by atoms with Gasteiger partial charge in [-0.1, -0.05) is 32.6 Å². The number of alkyl halides is 3. The van der Waals surface area contributed by atoms with Crippen LogP contribution in [0.4, 0.5) is 13.2 Å². The normalized spacial score (nSPS) is 12.6. The van der Waals surface area contributed by atoms with E-state index in [2.05, 4.69) is 11.1 Å². The van der Waals surface area contributed by atoms with Gasteiger partial charge in [0.15, 0.2) is 0 Å². The van der Waals surface area contributed by atoms with Gasteiger partial charge >= 0.3 is 21.6 Å². The molecule has 0 bridgehead atoms.